The van der Waals surface area contributed by atoms with Crippen LogP contribution in [-0.2, 0) is 0 Å². The zero-order valence-electron chi connectivity index (χ0n) is 15.5. The highest BCUT2D eigenvalue weighted by Crippen LogP contribution is 2.36. The lowest BCUT2D eigenvalue weighted by Crippen LogP contribution is -2.09. The Balaban J connectivity index is 1.61. The van der Waals surface area contributed by atoms with Crippen LogP contribution in [0.4, 0.5) is 0 Å². The molecule has 0 spiro atoms. The summed E-state index contributed by atoms with van der Waals surface area (Å²) in [5.74, 6) is 2.23. The van der Waals surface area contributed by atoms with Gasteiger partial charge in [0.1, 0.15) is 12.1 Å². The summed E-state index contributed by atoms with van der Waals surface area (Å²) in [6.07, 6.45) is 6.72. The van der Waals surface area contributed by atoms with Gasteiger partial charge < -0.3 is 4.74 Å². The molecule has 0 unspecified atom stereocenters. The molecule has 0 atom stereocenters. The third-order valence-corrected chi connectivity index (χ3v) is 5.40. The van der Waals surface area contributed by atoms with E-state index >= 15 is 0 Å². The molecule has 0 saturated heterocycles. The molecule has 6 nitrogen and oxygen atoms in total. The van der Waals surface area contributed by atoms with Crippen molar-refractivity contribution in [2.45, 2.75) is 25.7 Å². The SMILES string of the molecule is c1ccc(-c2cc3ccccc3nc2-n2cnnn2)c(OCC2CCCC2)c1. The summed E-state index contributed by atoms with van der Waals surface area (Å²) in [7, 11) is 0. The Kier molecular flexibility index (Phi) is 4.45. The van der Waals surface area contributed by atoms with Crippen LogP contribution in [0, 0.1) is 5.92 Å². The van der Waals surface area contributed by atoms with Crippen molar-refractivity contribution in [3.8, 4) is 22.7 Å². The maximum atomic E-state index is 6.27. The van der Waals surface area contributed by atoms with E-state index in [1.807, 2.05) is 36.4 Å². The molecule has 0 radical (unpaired) electrons. The predicted molar refractivity (Wildman–Crippen MR) is 107 cm³/mol. The molecule has 2 heterocycles. The van der Waals surface area contributed by atoms with Gasteiger partial charge in [0.15, 0.2) is 5.82 Å². The van der Waals surface area contributed by atoms with Gasteiger partial charge in [-0.15, -0.1) is 5.10 Å². The lowest BCUT2D eigenvalue weighted by Gasteiger charge is -2.16. The number of benzene rings is 2. The minimum Gasteiger partial charge on any atom is -0.493 e. The van der Waals surface area contributed by atoms with Crippen molar-refractivity contribution < 1.29 is 4.74 Å². The van der Waals surface area contributed by atoms with E-state index in [0.29, 0.717) is 11.7 Å². The average Bonchev–Trinajstić information content (AvgIpc) is 3.46. The van der Waals surface area contributed by atoms with Crippen LogP contribution in [-0.4, -0.2) is 31.8 Å². The fourth-order valence-corrected chi connectivity index (χ4v) is 3.94. The molecule has 6 heteroatoms. The molecule has 0 N–H and O–H groups in total. The van der Waals surface area contributed by atoms with Crippen molar-refractivity contribution in [3.63, 3.8) is 0 Å². The Labute approximate surface area is 163 Å². The summed E-state index contributed by atoms with van der Waals surface area (Å²) in [6.45, 7) is 0.762. The standard InChI is InChI=1S/C22H21N5O/c1-2-8-16(7-1)14-28-21-12-6-4-10-18(21)19-13-17-9-3-5-11-20(17)24-22(19)27-15-23-25-26-27/h3-6,9-13,15-16H,1-2,7-8,14H2. The molecule has 2 aromatic carbocycles. The first kappa shape index (κ1) is 16.9. The van der Waals surface area contributed by atoms with Crippen LogP contribution in [0.1, 0.15) is 25.7 Å². The van der Waals surface area contributed by atoms with Crippen LogP contribution in [0.2, 0.25) is 0 Å². The minimum absolute atomic E-state index is 0.654. The van der Waals surface area contributed by atoms with E-state index in [0.717, 1.165) is 34.4 Å². The van der Waals surface area contributed by atoms with Crippen LogP contribution in [0.25, 0.3) is 27.8 Å². The molecular weight excluding hydrogens is 350 g/mol. The Morgan fingerprint density at radius 3 is 2.64 bits per heavy atom. The van der Waals surface area contributed by atoms with Gasteiger partial charge >= 0.3 is 0 Å². The summed E-state index contributed by atoms with van der Waals surface area (Å²) in [5, 5.41) is 12.7. The summed E-state index contributed by atoms with van der Waals surface area (Å²) >= 11 is 0. The van der Waals surface area contributed by atoms with Gasteiger partial charge in [-0.05, 0) is 47.4 Å². The van der Waals surface area contributed by atoms with Crippen LogP contribution in [0.3, 0.4) is 0 Å². The average molecular weight is 371 g/mol. The summed E-state index contributed by atoms with van der Waals surface area (Å²) in [5.41, 5.74) is 2.86. The van der Waals surface area contributed by atoms with Crippen LogP contribution in [0.15, 0.2) is 60.9 Å². The second kappa shape index (κ2) is 7.38. The summed E-state index contributed by atoms with van der Waals surface area (Å²) in [4.78, 5) is 4.84. The highest BCUT2D eigenvalue weighted by atomic mass is 16.5. The second-order valence-electron chi connectivity index (χ2n) is 7.26. The molecule has 1 fully saturated rings. The molecule has 28 heavy (non-hydrogen) atoms. The van der Waals surface area contributed by atoms with Crippen molar-refractivity contribution in [3.05, 3.63) is 60.9 Å². The van der Waals surface area contributed by atoms with E-state index in [1.165, 1.54) is 25.7 Å². The number of pyridine rings is 1. The number of nitrogens with zero attached hydrogens (tertiary/aromatic N) is 5. The number of aromatic nitrogens is 5. The van der Waals surface area contributed by atoms with E-state index in [1.54, 1.807) is 11.0 Å². The molecule has 140 valence electrons. The van der Waals surface area contributed by atoms with Gasteiger partial charge in [0, 0.05) is 16.5 Å². The maximum absolute atomic E-state index is 6.27. The van der Waals surface area contributed by atoms with Gasteiger partial charge in [0.05, 0.1) is 12.1 Å². The Morgan fingerprint density at radius 1 is 0.964 bits per heavy atom. The van der Waals surface area contributed by atoms with Gasteiger partial charge in [-0.2, -0.15) is 4.68 Å². The summed E-state index contributed by atoms with van der Waals surface area (Å²) < 4.78 is 7.88. The van der Waals surface area contributed by atoms with Crippen molar-refractivity contribution in [2.75, 3.05) is 6.61 Å². The molecule has 1 saturated carbocycles. The van der Waals surface area contributed by atoms with E-state index in [-0.39, 0.29) is 0 Å². The number of hydrogen-bond acceptors (Lipinski definition) is 5. The fourth-order valence-electron chi connectivity index (χ4n) is 3.94. The van der Waals surface area contributed by atoms with Crippen molar-refractivity contribution in [2.24, 2.45) is 5.92 Å². The van der Waals surface area contributed by atoms with Crippen LogP contribution >= 0.6 is 0 Å². The molecule has 4 aromatic rings. The van der Waals surface area contributed by atoms with Gasteiger partial charge in [-0.3, -0.25) is 0 Å². The van der Waals surface area contributed by atoms with Gasteiger partial charge in [-0.1, -0.05) is 49.2 Å². The zero-order valence-corrected chi connectivity index (χ0v) is 15.5. The first-order chi connectivity index (χ1) is 13.9. The van der Waals surface area contributed by atoms with Crippen molar-refractivity contribution >= 4 is 10.9 Å². The maximum Gasteiger partial charge on any atom is 0.165 e. The number of rotatable bonds is 5. The van der Waals surface area contributed by atoms with Gasteiger partial charge in [0.2, 0.25) is 0 Å². The number of para-hydroxylation sites is 2. The first-order valence-corrected chi connectivity index (χ1v) is 9.74. The highest BCUT2D eigenvalue weighted by molar-refractivity contribution is 5.88. The number of ether oxygens (including phenoxy) is 1. The monoisotopic (exact) mass is 371 g/mol. The van der Waals surface area contributed by atoms with E-state index in [9.17, 15) is 0 Å². The molecule has 0 amide bonds. The fraction of sp³-hybridized carbons (Fsp3) is 0.273. The predicted octanol–water partition coefficient (Wildman–Crippen LogP) is 4.45. The Morgan fingerprint density at radius 2 is 1.79 bits per heavy atom. The molecule has 0 aliphatic heterocycles. The van der Waals surface area contributed by atoms with Crippen molar-refractivity contribution in [1.82, 2.24) is 25.2 Å². The molecule has 5 rings (SSSR count). The van der Waals surface area contributed by atoms with Crippen molar-refractivity contribution in [1.29, 1.82) is 0 Å². The van der Waals surface area contributed by atoms with Gasteiger partial charge in [0.25, 0.3) is 0 Å². The molecule has 1 aliphatic carbocycles. The number of tetrazole rings is 1. The zero-order chi connectivity index (χ0) is 18.8. The lowest BCUT2D eigenvalue weighted by atomic mass is 10.0. The largest absolute Gasteiger partial charge is 0.493 e. The normalized spacial score (nSPS) is 14.6. The second-order valence-corrected chi connectivity index (χ2v) is 7.26. The first-order valence-electron chi connectivity index (χ1n) is 9.74. The van der Waals surface area contributed by atoms with E-state index < -0.39 is 0 Å². The molecule has 1 aliphatic rings. The van der Waals surface area contributed by atoms with E-state index in [2.05, 4.69) is 33.7 Å². The molecular formula is C22H21N5O. The molecule has 0 bridgehead atoms. The smallest absolute Gasteiger partial charge is 0.165 e. The van der Waals surface area contributed by atoms with Crippen LogP contribution in [0.5, 0.6) is 5.75 Å². The minimum atomic E-state index is 0.654. The third-order valence-electron chi connectivity index (χ3n) is 5.40. The van der Waals surface area contributed by atoms with Crippen LogP contribution < -0.4 is 4.74 Å². The Hall–Kier alpha value is -3.28. The quantitative estimate of drug-likeness (QED) is 0.519. The van der Waals surface area contributed by atoms with E-state index in [4.69, 9.17) is 9.72 Å². The summed E-state index contributed by atoms with van der Waals surface area (Å²) in [6, 6.07) is 18.3. The number of hydrogen-bond donors (Lipinski definition) is 0. The Bertz CT molecular complexity index is 1090. The lowest BCUT2D eigenvalue weighted by molar-refractivity contribution is 0.253. The molecule has 2 aromatic heterocycles. The number of fused-ring (bicyclic) bond motifs is 1. The topological polar surface area (TPSA) is 65.7 Å². The highest BCUT2D eigenvalue weighted by Gasteiger charge is 2.19. The third kappa shape index (κ3) is 3.22. The van der Waals surface area contributed by atoms with Gasteiger partial charge in [-0.25, -0.2) is 4.98 Å².